The van der Waals surface area contributed by atoms with Crippen LogP contribution in [0.5, 0.6) is 17.2 Å². The van der Waals surface area contributed by atoms with E-state index in [0.717, 1.165) is 46.8 Å². The highest BCUT2D eigenvalue weighted by atomic mass is 16.7. The molecule has 1 fully saturated rings. The van der Waals surface area contributed by atoms with Crippen molar-refractivity contribution in [1.82, 2.24) is 4.98 Å². The van der Waals surface area contributed by atoms with Crippen LogP contribution in [0, 0.1) is 0 Å². The van der Waals surface area contributed by atoms with Crippen molar-refractivity contribution < 1.29 is 19.0 Å². The molecule has 2 aromatic carbocycles. The molecule has 1 aromatic heterocycles. The van der Waals surface area contributed by atoms with Crippen LogP contribution in [-0.2, 0) is 16.6 Å². The number of benzene rings is 2. The molecule has 1 saturated carbocycles. The van der Waals surface area contributed by atoms with Gasteiger partial charge in [-0.2, -0.15) is 0 Å². The first-order valence-corrected chi connectivity index (χ1v) is 9.96. The number of pyridine rings is 1. The van der Waals surface area contributed by atoms with Crippen LogP contribution in [0.2, 0.25) is 0 Å². The smallest absolute Gasteiger partial charge is 0.235 e. The lowest BCUT2D eigenvalue weighted by molar-refractivity contribution is -0.118. The van der Waals surface area contributed by atoms with E-state index in [1.807, 2.05) is 54.6 Å². The lowest BCUT2D eigenvalue weighted by atomic mass is 9.94. The fourth-order valence-electron chi connectivity index (χ4n) is 3.91. The number of hydrogen-bond acceptors (Lipinski definition) is 5. The van der Waals surface area contributed by atoms with E-state index in [-0.39, 0.29) is 12.7 Å². The highest BCUT2D eigenvalue weighted by molar-refractivity contribution is 6.01. The van der Waals surface area contributed by atoms with Gasteiger partial charge in [-0.25, -0.2) is 0 Å². The number of aromatic nitrogens is 1. The Kier molecular flexibility index (Phi) is 4.54. The van der Waals surface area contributed by atoms with Gasteiger partial charge < -0.3 is 19.5 Å². The normalized spacial score (nSPS) is 15.5. The first kappa shape index (κ1) is 18.5. The maximum absolute atomic E-state index is 13.1. The first-order valence-electron chi connectivity index (χ1n) is 9.96. The van der Waals surface area contributed by atoms with E-state index in [1.54, 1.807) is 13.3 Å². The highest BCUT2D eigenvalue weighted by Gasteiger charge is 2.51. The number of hydrogen-bond donors (Lipinski definition) is 1. The van der Waals surface area contributed by atoms with Crippen molar-refractivity contribution in [1.29, 1.82) is 0 Å². The summed E-state index contributed by atoms with van der Waals surface area (Å²) in [6, 6.07) is 17.4. The zero-order chi connectivity index (χ0) is 20.6. The molecule has 0 radical (unpaired) electrons. The molecular weight excluding hydrogens is 380 g/mol. The number of ether oxygens (including phenoxy) is 3. The summed E-state index contributed by atoms with van der Waals surface area (Å²) in [5.74, 6) is 2.25. The largest absolute Gasteiger partial charge is 0.496 e. The summed E-state index contributed by atoms with van der Waals surface area (Å²) in [6.07, 6.45) is 3.98. The zero-order valence-electron chi connectivity index (χ0n) is 16.7. The van der Waals surface area contributed by atoms with E-state index in [0.29, 0.717) is 12.2 Å². The van der Waals surface area contributed by atoms with E-state index >= 15 is 0 Å². The van der Waals surface area contributed by atoms with Gasteiger partial charge in [-0.05, 0) is 48.7 Å². The Hall–Kier alpha value is -3.54. The van der Waals surface area contributed by atoms with E-state index in [4.69, 9.17) is 14.2 Å². The van der Waals surface area contributed by atoms with Crippen LogP contribution in [0.15, 0.2) is 60.8 Å². The van der Waals surface area contributed by atoms with Gasteiger partial charge in [-0.15, -0.1) is 0 Å². The molecule has 1 N–H and O–H groups in total. The van der Waals surface area contributed by atoms with Crippen LogP contribution in [0.4, 0.5) is 5.69 Å². The minimum Gasteiger partial charge on any atom is -0.496 e. The Bertz CT molecular complexity index is 1110. The molecule has 0 bridgehead atoms. The molecule has 0 unspecified atom stereocenters. The third-order valence-electron chi connectivity index (χ3n) is 5.75. The number of methoxy groups -OCH3 is 1. The number of rotatable bonds is 6. The van der Waals surface area contributed by atoms with Crippen LogP contribution in [0.1, 0.15) is 29.7 Å². The molecule has 1 aliphatic carbocycles. The predicted molar refractivity (Wildman–Crippen MR) is 112 cm³/mol. The fraction of sp³-hybridized carbons (Fsp3) is 0.250. The maximum atomic E-state index is 13.1. The first-order chi connectivity index (χ1) is 14.7. The third kappa shape index (κ3) is 3.34. The molecule has 1 aliphatic heterocycles. The maximum Gasteiger partial charge on any atom is 0.235 e. The van der Waals surface area contributed by atoms with Crippen molar-refractivity contribution in [2.75, 3.05) is 19.2 Å². The summed E-state index contributed by atoms with van der Waals surface area (Å²) < 4.78 is 16.3. The molecule has 1 amide bonds. The lowest BCUT2D eigenvalue weighted by Gasteiger charge is -2.17. The second kappa shape index (κ2) is 7.37. The summed E-state index contributed by atoms with van der Waals surface area (Å²) in [6.45, 7) is 0.226. The number of para-hydroxylation sites is 1. The second-order valence-electron chi connectivity index (χ2n) is 7.63. The van der Waals surface area contributed by atoms with Crippen LogP contribution in [-0.4, -0.2) is 24.8 Å². The van der Waals surface area contributed by atoms with E-state index in [2.05, 4.69) is 10.3 Å². The van der Waals surface area contributed by atoms with Crippen molar-refractivity contribution in [3.05, 3.63) is 77.6 Å². The van der Waals surface area contributed by atoms with Crippen molar-refractivity contribution in [3.8, 4) is 17.2 Å². The molecular formula is C24H22N2O4. The monoisotopic (exact) mass is 402 g/mol. The van der Waals surface area contributed by atoms with Gasteiger partial charge in [0.1, 0.15) is 5.75 Å². The summed E-state index contributed by atoms with van der Waals surface area (Å²) >= 11 is 0. The summed E-state index contributed by atoms with van der Waals surface area (Å²) in [7, 11) is 1.66. The predicted octanol–water partition coefficient (Wildman–Crippen LogP) is 4.08. The van der Waals surface area contributed by atoms with Gasteiger partial charge in [0, 0.05) is 29.6 Å². The third-order valence-corrected chi connectivity index (χ3v) is 5.75. The SMILES string of the molecule is COc1ccccc1Cc1cc(NC(=O)C2(c3ccc4c(c3)OCO4)CC2)ccn1. The van der Waals surface area contributed by atoms with Gasteiger partial charge in [-0.3, -0.25) is 9.78 Å². The molecule has 0 spiro atoms. The highest BCUT2D eigenvalue weighted by Crippen LogP contribution is 2.51. The number of anilines is 1. The lowest BCUT2D eigenvalue weighted by Crippen LogP contribution is -2.27. The summed E-state index contributed by atoms with van der Waals surface area (Å²) in [4.78, 5) is 17.6. The zero-order valence-corrected chi connectivity index (χ0v) is 16.7. The molecule has 2 heterocycles. The van der Waals surface area contributed by atoms with Crippen LogP contribution < -0.4 is 19.5 Å². The number of nitrogens with one attached hydrogen (secondary N) is 1. The number of nitrogens with zero attached hydrogens (tertiary/aromatic N) is 1. The fourth-order valence-corrected chi connectivity index (χ4v) is 3.91. The molecule has 0 atom stereocenters. The van der Waals surface area contributed by atoms with Gasteiger partial charge in [0.2, 0.25) is 12.7 Å². The van der Waals surface area contributed by atoms with E-state index in [9.17, 15) is 4.79 Å². The molecule has 6 heteroatoms. The number of amides is 1. The standard InChI is InChI=1S/C24H22N2O4/c1-28-20-5-3-2-4-16(20)12-19-14-18(8-11-25-19)26-23(27)24(9-10-24)17-6-7-21-22(13-17)30-15-29-21/h2-8,11,13-14H,9-10,12,15H2,1H3,(H,25,26,27). The Morgan fingerprint density at radius 3 is 2.77 bits per heavy atom. The van der Waals surface area contributed by atoms with Gasteiger partial charge in [-0.1, -0.05) is 24.3 Å². The molecule has 3 aromatic rings. The molecule has 152 valence electrons. The molecule has 5 rings (SSSR count). The van der Waals surface area contributed by atoms with Crippen LogP contribution in [0.3, 0.4) is 0 Å². The van der Waals surface area contributed by atoms with E-state index in [1.165, 1.54) is 0 Å². The van der Waals surface area contributed by atoms with Crippen molar-refractivity contribution >= 4 is 11.6 Å². The number of carbonyl (C=O) groups excluding carboxylic acids is 1. The van der Waals surface area contributed by atoms with Gasteiger partial charge in [0.25, 0.3) is 0 Å². The van der Waals surface area contributed by atoms with Gasteiger partial charge in [0.15, 0.2) is 11.5 Å². The van der Waals surface area contributed by atoms with E-state index < -0.39 is 5.41 Å². The number of carbonyl (C=O) groups is 1. The second-order valence-corrected chi connectivity index (χ2v) is 7.63. The van der Waals surface area contributed by atoms with Crippen LogP contribution in [0.25, 0.3) is 0 Å². The van der Waals surface area contributed by atoms with Crippen molar-refractivity contribution in [2.24, 2.45) is 0 Å². The Labute approximate surface area is 174 Å². The minimum absolute atomic E-state index is 0.00388. The minimum atomic E-state index is -0.507. The number of fused-ring (bicyclic) bond motifs is 1. The topological polar surface area (TPSA) is 69.7 Å². The molecule has 2 aliphatic rings. The van der Waals surface area contributed by atoms with Crippen molar-refractivity contribution in [3.63, 3.8) is 0 Å². The Morgan fingerprint density at radius 2 is 1.93 bits per heavy atom. The van der Waals surface area contributed by atoms with Gasteiger partial charge in [0.05, 0.1) is 12.5 Å². The molecule has 6 nitrogen and oxygen atoms in total. The average molecular weight is 402 g/mol. The Balaban J connectivity index is 1.33. The molecule has 30 heavy (non-hydrogen) atoms. The summed E-state index contributed by atoms with van der Waals surface area (Å²) in [5, 5.41) is 3.08. The van der Waals surface area contributed by atoms with Crippen molar-refractivity contribution in [2.45, 2.75) is 24.7 Å². The van der Waals surface area contributed by atoms with Gasteiger partial charge >= 0.3 is 0 Å². The molecule has 0 saturated heterocycles. The average Bonchev–Trinajstić information content (AvgIpc) is 3.45. The quantitative estimate of drug-likeness (QED) is 0.673. The Morgan fingerprint density at radius 1 is 1.10 bits per heavy atom. The summed E-state index contributed by atoms with van der Waals surface area (Å²) in [5.41, 5.74) is 3.12. The van der Waals surface area contributed by atoms with Crippen LogP contribution >= 0.6 is 0 Å².